The first kappa shape index (κ1) is 18.2. The van der Waals surface area contributed by atoms with E-state index in [1.165, 1.54) is 29.5 Å². The zero-order valence-corrected chi connectivity index (χ0v) is 16.2. The first-order chi connectivity index (χ1) is 13.3. The largest absolute Gasteiger partial charge is 0.282 e. The van der Waals surface area contributed by atoms with Crippen LogP contribution in [-0.2, 0) is 0 Å². The number of carbonyl (C=O) groups is 3. The predicted octanol–water partition coefficient (Wildman–Crippen LogP) is 3.81. The fourth-order valence-electron chi connectivity index (χ4n) is 3.24. The van der Waals surface area contributed by atoms with E-state index in [4.69, 9.17) is 0 Å². The van der Waals surface area contributed by atoms with E-state index in [2.05, 4.69) is 10.4 Å². The summed E-state index contributed by atoms with van der Waals surface area (Å²) in [5, 5.41) is 0.946. The number of thiophene rings is 1. The maximum absolute atomic E-state index is 13.8. The van der Waals surface area contributed by atoms with Gasteiger partial charge in [0.2, 0.25) is 0 Å². The molecule has 0 saturated carbocycles. The predicted molar refractivity (Wildman–Crippen MR) is 103 cm³/mol. The van der Waals surface area contributed by atoms with Crippen molar-refractivity contribution in [1.29, 1.82) is 0 Å². The molecule has 3 heterocycles. The van der Waals surface area contributed by atoms with Crippen molar-refractivity contribution in [3.63, 3.8) is 0 Å². The second-order valence-electron chi connectivity index (χ2n) is 6.86. The van der Waals surface area contributed by atoms with Crippen molar-refractivity contribution in [1.82, 2.24) is 15.4 Å². The first-order valence-electron chi connectivity index (χ1n) is 8.67. The number of hydrazine groups is 1. The van der Waals surface area contributed by atoms with E-state index in [0.717, 1.165) is 4.88 Å². The molecule has 0 radical (unpaired) electrons. The molecule has 2 aromatic heterocycles. The number of amides is 3. The van der Waals surface area contributed by atoms with E-state index in [0.29, 0.717) is 21.1 Å². The quantitative estimate of drug-likeness (QED) is 0.682. The number of aromatic nitrogens is 1. The number of halogens is 1. The van der Waals surface area contributed by atoms with E-state index in [1.807, 2.05) is 20.8 Å². The van der Waals surface area contributed by atoms with E-state index >= 15 is 0 Å². The van der Waals surface area contributed by atoms with Gasteiger partial charge in [0.15, 0.2) is 0 Å². The number of benzene rings is 1. The van der Waals surface area contributed by atoms with Gasteiger partial charge in [0.05, 0.1) is 27.2 Å². The summed E-state index contributed by atoms with van der Waals surface area (Å²) in [5.74, 6) is -2.59. The van der Waals surface area contributed by atoms with Crippen molar-refractivity contribution in [2.24, 2.45) is 0 Å². The molecule has 3 aromatic rings. The van der Waals surface area contributed by atoms with Crippen LogP contribution in [0.3, 0.4) is 0 Å². The number of nitrogens with zero attached hydrogens (tertiary/aromatic N) is 2. The number of hydrogen-bond donors (Lipinski definition) is 1. The number of pyridine rings is 1. The molecule has 3 amide bonds. The summed E-state index contributed by atoms with van der Waals surface area (Å²) in [7, 11) is 0. The third kappa shape index (κ3) is 2.77. The molecule has 0 unspecified atom stereocenters. The van der Waals surface area contributed by atoms with Crippen LogP contribution in [-0.4, -0.2) is 27.7 Å². The Kier molecular flexibility index (Phi) is 4.23. The molecule has 0 saturated heterocycles. The van der Waals surface area contributed by atoms with Crippen LogP contribution in [0.1, 0.15) is 60.7 Å². The van der Waals surface area contributed by atoms with Gasteiger partial charge in [-0.1, -0.05) is 13.8 Å². The fourth-order valence-corrected chi connectivity index (χ4v) is 4.00. The molecular formula is C20H16FN3O3S. The molecule has 0 spiro atoms. The SMILES string of the molecule is Cc1ccc(C(=O)NN2C(=O)c3c(C(C)C)nc4ccc(F)cc4c3C2=O)s1. The van der Waals surface area contributed by atoms with Gasteiger partial charge < -0.3 is 0 Å². The van der Waals surface area contributed by atoms with Gasteiger partial charge in [-0.3, -0.25) is 24.8 Å². The van der Waals surface area contributed by atoms with Gasteiger partial charge in [-0.05, 0) is 43.2 Å². The molecule has 1 aliphatic heterocycles. The van der Waals surface area contributed by atoms with Gasteiger partial charge in [-0.15, -0.1) is 11.3 Å². The minimum atomic E-state index is -0.693. The zero-order valence-electron chi connectivity index (χ0n) is 15.4. The summed E-state index contributed by atoms with van der Waals surface area (Å²) in [4.78, 5) is 44.3. The number of imide groups is 1. The van der Waals surface area contributed by atoms with E-state index in [9.17, 15) is 18.8 Å². The lowest BCUT2D eigenvalue weighted by atomic mass is 9.97. The molecule has 0 aliphatic carbocycles. The van der Waals surface area contributed by atoms with Gasteiger partial charge in [-0.2, -0.15) is 5.01 Å². The molecule has 4 rings (SSSR count). The van der Waals surface area contributed by atoms with Gasteiger partial charge in [0.1, 0.15) is 5.82 Å². The molecular weight excluding hydrogens is 381 g/mol. The Hall–Kier alpha value is -3.13. The van der Waals surface area contributed by atoms with E-state index < -0.39 is 23.5 Å². The maximum Gasteiger partial charge on any atom is 0.282 e. The highest BCUT2D eigenvalue weighted by Gasteiger charge is 2.41. The summed E-state index contributed by atoms with van der Waals surface area (Å²) < 4.78 is 13.8. The molecule has 0 fully saturated rings. The molecule has 1 aliphatic rings. The highest BCUT2D eigenvalue weighted by Crippen LogP contribution is 2.34. The lowest BCUT2D eigenvalue weighted by Crippen LogP contribution is -2.45. The van der Waals surface area contributed by atoms with Gasteiger partial charge in [0.25, 0.3) is 17.7 Å². The number of nitrogens with one attached hydrogen (secondary N) is 1. The first-order valence-corrected chi connectivity index (χ1v) is 9.49. The zero-order chi connectivity index (χ0) is 20.2. The average molecular weight is 397 g/mol. The molecule has 142 valence electrons. The van der Waals surface area contributed by atoms with Crippen LogP contribution in [0.15, 0.2) is 30.3 Å². The Balaban J connectivity index is 1.83. The third-order valence-electron chi connectivity index (χ3n) is 4.53. The number of carbonyl (C=O) groups excluding carboxylic acids is 3. The summed E-state index contributed by atoms with van der Waals surface area (Å²) in [6, 6.07) is 7.32. The van der Waals surface area contributed by atoms with Crippen molar-refractivity contribution in [2.45, 2.75) is 26.7 Å². The van der Waals surface area contributed by atoms with Crippen LogP contribution < -0.4 is 5.43 Å². The van der Waals surface area contributed by atoms with Gasteiger partial charge >= 0.3 is 0 Å². The smallest absolute Gasteiger partial charge is 0.267 e. The topological polar surface area (TPSA) is 79.4 Å². The monoisotopic (exact) mass is 397 g/mol. The Labute approximate surface area is 164 Å². The van der Waals surface area contributed by atoms with E-state index in [1.54, 1.807) is 12.1 Å². The van der Waals surface area contributed by atoms with Crippen molar-refractivity contribution in [2.75, 3.05) is 0 Å². The minimum Gasteiger partial charge on any atom is -0.267 e. The Morgan fingerprint density at radius 3 is 2.50 bits per heavy atom. The van der Waals surface area contributed by atoms with Crippen molar-refractivity contribution in [3.8, 4) is 0 Å². The van der Waals surface area contributed by atoms with Crippen molar-refractivity contribution < 1.29 is 18.8 Å². The standard InChI is InChI=1S/C20H16FN3O3S/c1-9(2)17-16-15(12-8-11(21)5-6-13(12)22-17)19(26)24(20(16)27)23-18(25)14-7-4-10(3)28-14/h4-9H,1-3H3,(H,23,25). The Morgan fingerprint density at radius 2 is 1.86 bits per heavy atom. The van der Waals surface area contributed by atoms with Crippen LogP contribution in [0.25, 0.3) is 10.9 Å². The molecule has 6 nitrogen and oxygen atoms in total. The Morgan fingerprint density at radius 1 is 1.14 bits per heavy atom. The highest BCUT2D eigenvalue weighted by molar-refractivity contribution is 7.13. The lowest BCUT2D eigenvalue weighted by molar-refractivity contribution is 0.0519. The van der Waals surface area contributed by atoms with Crippen LogP contribution in [0.5, 0.6) is 0 Å². The molecule has 28 heavy (non-hydrogen) atoms. The summed E-state index contributed by atoms with van der Waals surface area (Å²) in [5.41, 5.74) is 3.43. The molecule has 8 heteroatoms. The summed E-state index contributed by atoms with van der Waals surface area (Å²) >= 11 is 1.25. The van der Waals surface area contributed by atoms with Crippen LogP contribution in [0, 0.1) is 12.7 Å². The van der Waals surface area contributed by atoms with Crippen molar-refractivity contribution >= 4 is 40.0 Å². The lowest BCUT2D eigenvalue weighted by Gasteiger charge is -2.14. The summed E-state index contributed by atoms with van der Waals surface area (Å²) in [6.07, 6.45) is 0. The Bertz CT molecular complexity index is 1170. The minimum absolute atomic E-state index is 0.0702. The van der Waals surface area contributed by atoms with Gasteiger partial charge in [0, 0.05) is 10.3 Å². The van der Waals surface area contributed by atoms with Crippen LogP contribution in [0.2, 0.25) is 0 Å². The average Bonchev–Trinajstić information content (AvgIpc) is 3.18. The maximum atomic E-state index is 13.8. The van der Waals surface area contributed by atoms with Crippen LogP contribution in [0.4, 0.5) is 4.39 Å². The second kappa shape index (κ2) is 6.49. The highest BCUT2D eigenvalue weighted by atomic mass is 32.1. The number of aryl methyl sites for hydroxylation is 1. The second-order valence-corrected chi connectivity index (χ2v) is 8.15. The van der Waals surface area contributed by atoms with Gasteiger partial charge in [-0.25, -0.2) is 4.39 Å². The normalized spacial score (nSPS) is 13.5. The van der Waals surface area contributed by atoms with Crippen molar-refractivity contribution in [3.05, 3.63) is 62.7 Å². The number of hydrogen-bond acceptors (Lipinski definition) is 5. The van der Waals surface area contributed by atoms with Crippen LogP contribution >= 0.6 is 11.3 Å². The molecule has 1 N–H and O–H groups in total. The molecule has 0 atom stereocenters. The molecule has 1 aromatic carbocycles. The number of fused-ring (bicyclic) bond motifs is 3. The van der Waals surface area contributed by atoms with E-state index in [-0.39, 0.29) is 22.4 Å². The third-order valence-corrected chi connectivity index (χ3v) is 5.53. The molecule has 0 bridgehead atoms. The number of rotatable bonds is 3. The summed E-state index contributed by atoms with van der Waals surface area (Å²) in [6.45, 7) is 5.56. The fraction of sp³-hybridized carbons (Fsp3) is 0.200.